The standard InChI is InChI=1S/C13H19NO4S/c1-19(17,18)14-10-4-2-9(3-5-10)12-7-6-11(15)8-13(12)16/h6-10,14-16H,2-5H2,1H3/t9-,10-. The van der Waals surface area contributed by atoms with E-state index in [1.807, 2.05) is 0 Å². The minimum Gasteiger partial charge on any atom is -0.508 e. The summed E-state index contributed by atoms with van der Waals surface area (Å²) in [6, 6.07) is 4.64. The lowest BCUT2D eigenvalue weighted by Crippen LogP contribution is -2.36. The first kappa shape index (κ1) is 14.1. The topological polar surface area (TPSA) is 86.6 Å². The fourth-order valence-corrected chi connectivity index (χ4v) is 3.54. The predicted molar refractivity (Wildman–Crippen MR) is 72.7 cm³/mol. The molecule has 0 heterocycles. The second kappa shape index (κ2) is 5.38. The lowest BCUT2D eigenvalue weighted by molar-refractivity contribution is 0.363. The van der Waals surface area contributed by atoms with E-state index < -0.39 is 10.0 Å². The van der Waals surface area contributed by atoms with E-state index >= 15 is 0 Å². The van der Waals surface area contributed by atoms with Gasteiger partial charge in [0.1, 0.15) is 11.5 Å². The van der Waals surface area contributed by atoms with Crippen LogP contribution in [0.1, 0.15) is 37.2 Å². The molecule has 0 spiro atoms. The van der Waals surface area contributed by atoms with Crippen molar-refractivity contribution in [3.8, 4) is 11.5 Å². The molecule has 6 heteroatoms. The number of sulfonamides is 1. The Labute approximate surface area is 113 Å². The number of phenolic OH excluding ortho intramolecular Hbond substituents is 2. The summed E-state index contributed by atoms with van der Waals surface area (Å²) in [4.78, 5) is 0. The zero-order valence-electron chi connectivity index (χ0n) is 10.8. The highest BCUT2D eigenvalue weighted by atomic mass is 32.2. The van der Waals surface area contributed by atoms with Gasteiger partial charge in [0.05, 0.1) is 6.26 Å². The fourth-order valence-electron chi connectivity index (χ4n) is 2.70. The van der Waals surface area contributed by atoms with Gasteiger partial charge in [0.25, 0.3) is 0 Å². The summed E-state index contributed by atoms with van der Waals surface area (Å²) < 4.78 is 25.0. The highest BCUT2D eigenvalue weighted by molar-refractivity contribution is 7.88. The summed E-state index contributed by atoms with van der Waals surface area (Å²) in [6.07, 6.45) is 4.35. The SMILES string of the molecule is CS(=O)(=O)N[C@H]1CC[C@H](c2ccc(O)cc2O)CC1. The summed E-state index contributed by atoms with van der Waals surface area (Å²) in [7, 11) is -3.15. The van der Waals surface area contributed by atoms with Gasteiger partial charge in [-0.25, -0.2) is 13.1 Å². The molecule has 1 aliphatic carbocycles. The van der Waals surface area contributed by atoms with Gasteiger partial charge in [0, 0.05) is 12.1 Å². The molecule has 19 heavy (non-hydrogen) atoms. The molecular formula is C13H19NO4S. The summed E-state index contributed by atoms with van der Waals surface area (Å²) in [5.74, 6) is 0.381. The van der Waals surface area contributed by atoms with Crippen molar-refractivity contribution in [1.29, 1.82) is 0 Å². The van der Waals surface area contributed by atoms with Crippen LogP contribution in [0.4, 0.5) is 0 Å². The third-order valence-electron chi connectivity index (χ3n) is 3.56. The van der Waals surface area contributed by atoms with E-state index in [9.17, 15) is 18.6 Å². The Balaban J connectivity index is 2.00. The second-order valence-corrected chi connectivity index (χ2v) is 6.96. The quantitative estimate of drug-likeness (QED) is 0.788. The molecule has 0 radical (unpaired) electrons. The molecule has 0 aliphatic heterocycles. The molecular weight excluding hydrogens is 266 g/mol. The molecule has 0 aromatic heterocycles. The Morgan fingerprint density at radius 3 is 2.32 bits per heavy atom. The third-order valence-corrected chi connectivity index (χ3v) is 4.32. The van der Waals surface area contributed by atoms with Gasteiger partial charge < -0.3 is 10.2 Å². The number of hydrogen-bond donors (Lipinski definition) is 3. The first-order chi connectivity index (χ1) is 8.85. The minimum atomic E-state index is -3.15. The lowest BCUT2D eigenvalue weighted by atomic mass is 9.81. The van der Waals surface area contributed by atoms with Crippen LogP contribution >= 0.6 is 0 Å². The number of hydrogen-bond acceptors (Lipinski definition) is 4. The van der Waals surface area contributed by atoms with Crippen LogP contribution < -0.4 is 4.72 Å². The first-order valence-electron chi connectivity index (χ1n) is 6.34. The number of rotatable bonds is 3. The summed E-state index contributed by atoms with van der Waals surface area (Å²) in [5.41, 5.74) is 0.829. The van der Waals surface area contributed by atoms with E-state index in [0.717, 1.165) is 31.2 Å². The number of phenols is 2. The van der Waals surface area contributed by atoms with Crippen LogP contribution in [-0.4, -0.2) is 30.9 Å². The summed E-state index contributed by atoms with van der Waals surface area (Å²) in [6.45, 7) is 0. The Bertz CT molecular complexity index is 548. The van der Waals surface area contributed by atoms with Crippen molar-refractivity contribution >= 4 is 10.0 Å². The molecule has 5 nitrogen and oxygen atoms in total. The molecule has 0 bridgehead atoms. The highest BCUT2D eigenvalue weighted by Crippen LogP contribution is 2.38. The maximum Gasteiger partial charge on any atom is 0.208 e. The normalized spacial score (nSPS) is 24.3. The number of nitrogens with one attached hydrogen (secondary N) is 1. The van der Waals surface area contributed by atoms with Gasteiger partial charge in [-0.3, -0.25) is 0 Å². The van der Waals surface area contributed by atoms with Crippen molar-refractivity contribution in [1.82, 2.24) is 4.72 Å². The van der Waals surface area contributed by atoms with Crippen LogP contribution in [0.25, 0.3) is 0 Å². The van der Waals surface area contributed by atoms with E-state index in [1.165, 1.54) is 12.3 Å². The molecule has 1 fully saturated rings. The lowest BCUT2D eigenvalue weighted by Gasteiger charge is -2.29. The van der Waals surface area contributed by atoms with Crippen LogP contribution in [0.2, 0.25) is 0 Å². The van der Waals surface area contributed by atoms with Gasteiger partial charge in [0.2, 0.25) is 10.0 Å². The smallest absolute Gasteiger partial charge is 0.208 e. The molecule has 1 aliphatic rings. The van der Waals surface area contributed by atoms with Crippen LogP contribution in [0.15, 0.2) is 18.2 Å². The first-order valence-corrected chi connectivity index (χ1v) is 8.23. The predicted octanol–water partition coefficient (Wildman–Crippen LogP) is 1.67. The molecule has 0 saturated heterocycles. The molecule has 0 unspecified atom stereocenters. The Hall–Kier alpha value is -1.27. The Morgan fingerprint density at radius 1 is 1.16 bits per heavy atom. The summed E-state index contributed by atoms with van der Waals surface area (Å²) >= 11 is 0. The molecule has 1 aromatic rings. The van der Waals surface area contributed by atoms with Crippen molar-refractivity contribution in [2.24, 2.45) is 0 Å². The van der Waals surface area contributed by atoms with Crippen molar-refractivity contribution < 1.29 is 18.6 Å². The Morgan fingerprint density at radius 2 is 1.79 bits per heavy atom. The van der Waals surface area contributed by atoms with Gasteiger partial charge in [-0.15, -0.1) is 0 Å². The van der Waals surface area contributed by atoms with Gasteiger partial charge in [-0.1, -0.05) is 6.07 Å². The zero-order valence-corrected chi connectivity index (χ0v) is 11.7. The van der Waals surface area contributed by atoms with E-state index in [2.05, 4.69) is 4.72 Å². The minimum absolute atomic E-state index is 0.00879. The molecule has 0 atom stereocenters. The van der Waals surface area contributed by atoms with Crippen molar-refractivity contribution in [2.75, 3.05) is 6.26 Å². The average Bonchev–Trinajstić information content (AvgIpc) is 2.28. The molecule has 106 valence electrons. The Kier molecular flexibility index (Phi) is 4.01. The van der Waals surface area contributed by atoms with Crippen LogP contribution in [0.5, 0.6) is 11.5 Å². The summed E-state index contributed by atoms with van der Waals surface area (Å²) in [5, 5.41) is 19.1. The molecule has 1 aromatic carbocycles. The van der Waals surface area contributed by atoms with Crippen molar-refractivity contribution in [3.05, 3.63) is 23.8 Å². The van der Waals surface area contributed by atoms with Crippen LogP contribution in [0.3, 0.4) is 0 Å². The largest absolute Gasteiger partial charge is 0.508 e. The maximum absolute atomic E-state index is 11.2. The van der Waals surface area contributed by atoms with Crippen molar-refractivity contribution in [2.45, 2.75) is 37.6 Å². The molecule has 1 saturated carbocycles. The van der Waals surface area contributed by atoms with E-state index in [0.29, 0.717) is 0 Å². The third kappa shape index (κ3) is 3.84. The van der Waals surface area contributed by atoms with Crippen LogP contribution in [-0.2, 0) is 10.0 Å². The van der Waals surface area contributed by atoms with Gasteiger partial charge in [-0.05, 0) is 43.2 Å². The molecule has 0 amide bonds. The molecule has 3 N–H and O–H groups in total. The number of aromatic hydroxyl groups is 2. The average molecular weight is 285 g/mol. The molecule has 2 rings (SSSR count). The fraction of sp³-hybridized carbons (Fsp3) is 0.538. The monoisotopic (exact) mass is 285 g/mol. The van der Waals surface area contributed by atoms with Gasteiger partial charge >= 0.3 is 0 Å². The second-order valence-electron chi connectivity index (χ2n) is 5.18. The van der Waals surface area contributed by atoms with E-state index in [4.69, 9.17) is 0 Å². The maximum atomic E-state index is 11.2. The van der Waals surface area contributed by atoms with Gasteiger partial charge in [-0.2, -0.15) is 0 Å². The van der Waals surface area contributed by atoms with Crippen molar-refractivity contribution in [3.63, 3.8) is 0 Å². The van der Waals surface area contributed by atoms with E-state index in [1.54, 1.807) is 12.1 Å². The van der Waals surface area contributed by atoms with E-state index in [-0.39, 0.29) is 23.5 Å². The zero-order chi connectivity index (χ0) is 14.0. The number of benzene rings is 1. The van der Waals surface area contributed by atoms with Gasteiger partial charge in [0.15, 0.2) is 0 Å². The van der Waals surface area contributed by atoms with Crippen LogP contribution in [0, 0.1) is 0 Å². The highest BCUT2D eigenvalue weighted by Gasteiger charge is 2.25.